The summed E-state index contributed by atoms with van der Waals surface area (Å²) in [7, 11) is 0. The van der Waals surface area contributed by atoms with Gasteiger partial charge in [-0.15, -0.1) is 0 Å². The zero-order valence-corrected chi connectivity index (χ0v) is 13.2. The molecule has 0 saturated heterocycles. The Bertz CT molecular complexity index is 1110. The Labute approximate surface area is 143 Å². The van der Waals surface area contributed by atoms with Crippen LogP contribution in [0.3, 0.4) is 0 Å². The van der Waals surface area contributed by atoms with Gasteiger partial charge in [-0.3, -0.25) is 4.79 Å². The van der Waals surface area contributed by atoms with Gasteiger partial charge in [0.1, 0.15) is 5.75 Å². The molecule has 0 aliphatic heterocycles. The highest BCUT2D eigenvalue weighted by Gasteiger charge is 2.10. The van der Waals surface area contributed by atoms with Gasteiger partial charge in [-0.1, -0.05) is 42.5 Å². The largest absolute Gasteiger partial charge is 0.507 e. The summed E-state index contributed by atoms with van der Waals surface area (Å²) in [5.74, 6) is -0.202. The van der Waals surface area contributed by atoms with Crippen LogP contribution in [0, 0.1) is 0 Å². The van der Waals surface area contributed by atoms with Crippen LogP contribution in [0.4, 0.5) is 0 Å². The van der Waals surface area contributed by atoms with E-state index in [-0.39, 0.29) is 11.7 Å². The Morgan fingerprint density at radius 2 is 1.84 bits per heavy atom. The number of amides is 1. The van der Waals surface area contributed by atoms with E-state index < -0.39 is 0 Å². The molecule has 0 unspecified atom stereocenters. The molecule has 5 nitrogen and oxygen atoms in total. The highest BCUT2D eigenvalue weighted by atomic mass is 16.3. The zero-order valence-electron chi connectivity index (χ0n) is 13.2. The molecule has 0 aliphatic rings. The fourth-order valence-electron chi connectivity index (χ4n) is 2.91. The van der Waals surface area contributed by atoms with E-state index in [1.54, 1.807) is 18.3 Å². The number of para-hydroxylation sites is 1. The molecule has 4 aromatic rings. The second-order valence-corrected chi connectivity index (χ2v) is 5.67. The maximum atomic E-state index is 12.4. The van der Waals surface area contributed by atoms with Crippen molar-refractivity contribution in [3.63, 3.8) is 0 Å². The van der Waals surface area contributed by atoms with Crippen molar-refractivity contribution in [2.75, 3.05) is 0 Å². The van der Waals surface area contributed by atoms with Gasteiger partial charge in [0.05, 0.1) is 17.3 Å². The van der Waals surface area contributed by atoms with Gasteiger partial charge in [-0.05, 0) is 29.0 Å². The molecule has 1 aromatic heterocycles. The van der Waals surface area contributed by atoms with E-state index in [9.17, 15) is 9.90 Å². The number of carbonyl (C=O) groups excluding carboxylic acids is 1. The quantitative estimate of drug-likeness (QED) is 0.395. The van der Waals surface area contributed by atoms with E-state index in [4.69, 9.17) is 0 Å². The number of aromatic amines is 1. The molecule has 0 atom stereocenters. The number of hydrazone groups is 1. The van der Waals surface area contributed by atoms with Crippen LogP contribution < -0.4 is 5.43 Å². The Morgan fingerprint density at radius 1 is 1.00 bits per heavy atom. The average molecular weight is 329 g/mol. The third-order valence-corrected chi connectivity index (χ3v) is 4.14. The second-order valence-electron chi connectivity index (χ2n) is 5.67. The zero-order chi connectivity index (χ0) is 17.2. The number of hydrogen-bond acceptors (Lipinski definition) is 3. The van der Waals surface area contributed by atoms with Crippen LogP contribution in [0.5, 0.6) is 5.75 Å². The fraction of sp³-hybridized carbons (Fsp3) is 0. The van der Waals surface area contributed by atoms with E-state index in [1.807, 2.05) is 48.5 Å². The molecule has 0 fully saturated rings. The first-order valence-corrected chi connectivity index (χ1v) is 7.84. The number of aromatic hydroxyl groups is 1. The number of fused-ring (bicyclic) bond motifs is 2. The number of nitrogens with zero attached hydrogens (tertiary/aromatic N) is 1. The number of rotatable bonds is 3. The Balaban J connectivity index is 1.62. The summed E-state index contributed by atoms with van der Waals surface area (Å²) >= 11 is 0. The second kappa shape index (κ2) is 6.13. The van der Waals surface area contributed by atoms with Gasteiger partial charge >= 0.3 is 0 Å². The van der Waals surface area contributed by atoms with Crippen LogP contribution in [0.2, 0.25) is 0 Å². The van der Waals surface area contributed by atoms with Crippen LogP contribution in [0.25, 0.3) is 21.7 Å². The molecule has 3 aromatic carbocycles. The van der Waals surface area contributed by atoms with Gasteiger partial charge in [0.25, 0.3) is 5.91 Å². The van der Waals surface area contributed by atoms with Gasteiger partial charge in [-0.2, -0.15) is 5.10 Å². The van der Waals surface area contributed by atoms with Crippen molar-refractivity contribution in [3.8, 4) is 5.75 Å². The molecule has 25 heavy (non-hydrogen) atoms. The highest BCUT2D eigenvalue weighted by molar-refractivity contribution is 6.06. The number of benzene rings is 3. The van der Waals surface area contributed by atoms with E-state index in [0.717, 1.165) is 21.7 Å². The van der Waals surface area contributed by atoms with Crippen molar-refractivity contribution in [1.82, 2.24) is 10.4 Å². The first-order chi connectivity index (χ1) is 12.2. The lowest BCUT2D eigenvalue weighted by molar-refractivity contribution is 0.0956. The number of nitrogens with one attached hydrogen (secondary N) is 2. The predicted molar refractivity (Wildman–Crippen MR) is 99.0 cm³/mol. The first kappa shape index (κ1) is 15.0. The number of H-pyrrole nitrogens is 1. The van der Waals surface area contributed by atoms with E-state index >= 15 is 0 Å². The van der Waals surface area contributed by atoms with Crippen molar-refractivity contribution < 1.29 is 9.90 Å². The smallest absolute Gasteiger partial charge is 0.273 e. The maximum absolute atomic E-state index is 12.4. The van der Waals surface area contributed by atoms with Gasteiger partial charge < -0.3 is 10.1 Å². The van der Waals surface area contributed by atoms with Crippen molar-refractivity contribution in [2.24, 2.45) is 5.10 Å². The fourth-order valence-corrected chi connectivity index (χ4v) is 2.91. The molecule has 4 rings (SSSR count). The molecule has 5 heteroatoms. The third kappa shape index (κ3) is 2.72. The average Bonchev–Trinajstić information content (AvgIpc) is 3.12. The number of phenols is 1. The summed E-state index contributed by atoms with van der Waals surface area (Å²) in [4.78, 5) is 15.4. The van der Waals surface area contributed by atoms with Gasteiger partial charge in [0.2, 0.25) is 0 Å². The molecule has 0 aliphatic carbocycles. The molecule has 122 valence electrons. The number of carbonyl (C=O) groups is 1. The van der Waals surface area contributed by atoms with E-state index in [0.29, 0.717) is 11.1 Å². The van der Waals surface area contributed by atoms with Crippen LogP contribution in [-0.4, -0.2) is 22.2 Å². The summed E-state index contributed by atoms with van der Waals surface area (Å²) in [5.41, 5.74) is 4.37. The molecular weight excluding hydrogens is 314 g/mol. The molecule has 0 spiro atoms. The van der Waals surface area contributed by atoms with Crippen molar-refractivity contribution in [2.45, 2.75) is 0 Å². The van der Waals surface area contributed by atoms with Crippen molar-refractivity contribution >= 4 is 33.8 Å². The lowest BCUT2D eigenvalue weighted by Gasteiger charge is -2.05. The van der Waals surface area contributed by atoms with Crippen molar-refractivity contribution in [3.05, 3.63) is 78.0 Å². The normalized spacial score (nSPS) is 11.4. The molecule has 1 heterocycles. The molecular formula is C20H15N3O2. The third-order valence-electron chi connectivity index (χ3n) is 4.14. The molecule has 1 amide bonds. The lowest BCUT2D eigenvalue weighted by Crippen LogP contribution is -2.18. The standard InChI is InChI=1S/C20H15N3O2/c24-18-9-8-13-4-1-2-6-15(13)17(18)12-22-23-20(25)16-7-3-5-14-10-11-21-19(14)16/h1-12,21,24H,(H,23,25)/b22-12-. The SMILES string of the molecule is O=C(N/N=C\c1c(O)ccc2ccccc12)c1cccc2cc[nH]c12. The van der Waals surface area contributed by atoms with Crippen LogP contribution >= 0.6 is 0 Å². The molecule has 0 saturated carbocycles. The van der Waals surface area contributed by atoms with E-state index in [1.165, 1.54) is 6.21 Å². The molecule has 0 bridgehead atoms. The minimum absolute atomic E-state index is 0.114. The van der Waals surface area contributed by atoms with Gasteiger partial charge in [0.15, 0.2) is 0 Å². The van der Waals surface area contributed by atoms with Crippen LogP contribution in [0.1, 0.15) is 15.9 Å². The predicted octanol–water partition coefficient (Wildman–Crippen LogP) is 3.79. The monoisotopic (exact) mass is 329 g/mol. The summed E-state index contributed by atoms with van der Waals surface area (Å²) in [5, 5.41) is 16.9. The number of aromatic nitrogens is 1. The highest BCUT2D eigenvalue weighted by Crippen LogP contribution is 2.25. The lowest BCUT2D eigenvalue weighted by atomic mass is 10.0. The Kier molecular flexibility index (Phi) is 3.67. The molecule has 3 N–H and O–H groups in total. The summed E-state index contributed by atoms with van der Waals surface area (Å²) < 4.78 is 0. The van der Waals surface area contributed by atoms with Crippen molar-refractivity contribution in [1.29, 1.82) is 0 Å². The minimum Gasteiger partial charge on any atom is -0.507 e. The Morgan fingerprint density at radius 3 is 2.76 bits per heavy atom. The minimum atomic E-state index is -0.316. The topological polar surface area (TPSA) is 77.5 Å². The summed E-state index contributed by atoms with van der Waals surface area (Å²) in [6, 6.07) is 18.5. The molecule has 0 radical (unpaired) electrons. The number of hydrogen-bond donors (Lipinski definition) is 3. The maximum Gasteiger partial charge on any atom is 0.273 e. The summed E-state index contributed by atoms with van der Waals surface area (Å²) in [6.45, 7) is 0. The van der Waals surface area contributed by atoms with Crippen LogP contribution in [-0.2, 0) is 0 Å². The van der Waals surface area contributed by atoms with E-state index in [2.05, 4.69) is 15.5 Å². The first-order valence-electron chi connectivity index (χ1n) is 7.84. The van der Waals surface area contributed by atoms with Gasteiger partial charge in [-0.25, -0.2) is 5.43 Å². The van der Waals surface area contributed by atoms with Crippen LogP contribution in [0.15, 0.2) is 72.0 Å². The summed E-state index contributed by atoms with van der Waals surface area (Å²) in [6.07, 6.45) is 3.25. The van der Waals surface area contributed by atoms with Gasteiger partial charge in [0, 0.05) is 17.1 Å². The number of phenolic OH excluding ortho intramolecular Hbond substituents is 1. The Hall–Kier alpha value is -3.60.